The number of piperidine rings is 1. The lowest BCUT2D eigenvalue weighted by Crippen LogP contribution is -2.58. The second-order valence-electron chi connectivity index (χ2n) is 6.40. The molecule has 1 aromatic heterocycles. The van der Waals surface area contributed by atoms with Crippen LogP contribution in [0.5, 0.6) is 0 Å². The van der Waals surface area contributed by atoms with Gasteiger partial charge in [0.1, 0.15) is 5.60 Å². The molecule has 4 heterocycles. The molecule has 136 valence electrons. The van der Waals surface area contributed by atoms with Crippen molar-refractivity contribution in [3.8, 4) is 0 Å². The second-order valence-corrected chi connectivity index (χ2v) is 7.32. The first kappa shape index (κ1) is 19.9. The molecule has 5 nitrogen and oxygen atoms in total. The zero-order chi connectivity index (χ0) is 15.0. The van der Waals surface area contributed by atoms with Crippen LogP contribution < -0.4 is 10.6 Å². The number of likely N-dealkylation sites (tertiary alicyclic amines) is 1. The highest BCUT2D eigenvalue weighted by atomic mass is 35.5. The molecule has 4 rings (SSSR count). The van der Waals surface area contributed by atoms with E-state index in [1.165, 1.54) is 10.4 Å². The molecule has 0 aromatic carbocycles. The first-order valence-corrected chi connectivity index (χ1v) is 9.10. The van der Waals surface area contributed by atoms with Gasteiger partial charge in [0.25, 0.3) is 0 Å². The summed E-state index contributed by atoms with van der Waals surface area (Å²) in [5, 5.41) is 8.78. The summed E-state index contributed by atoms with van der Waals surface area (Å²) in [6.45, 7) is 4.97. The number of ether oxygens (including phenoxy) is 1. The molecule has 8 heteroatoms. The van der Waals surface area contributed by atoms with Gasteiger partial charge in [-0.1, -0.05) is 0 Å². The number of nitrogens with zero attached hydrogens (tertiary/aromatic N) is 1. The van der Waals surface area contributed by atoms with Gasteiger partial charge in [0.2, 0.25) is 5.91 Å². The van der Waals surface area contributed by atoms with Gasteiger partial charge >= 0.3 is 0 Å². The summed E-state index contributed by atoms with van der Waals surface area (Å²) in [5.74, 6) is 0.240. The Hall–Kier alpha value is -0.370. The van der Waals surface area contributed by atoms with Crippen molar-refractivity contribution in [3.05, 3.63) is 21.9 Å². The van der Waals surface area contributed by atoms with Crippen LogP contribution in [0.15, 0.2) is 11.4 Å². The molecule has 1 amide bonds. The van der Waals surface area contributed by atoms with E-state index in [4.69, 9.17) is 4.74 Å². The zero-order valence-corrected chi connectivity index (χ0v) is 16.0. The number of rotatable bonds is 1. The quantitative estimate of drug-likeness (QED) is 0.759. The molecule has 1 spiro atoms. The highest BCUT2D eigenvalue weighted by molar-refractivity contribution is 7.10. The van der Waals surface area contributed by atoms with Crippen LogP contribution in [0.25, 0.3) is 0 Å². The number of carbonyl (C=O) groups excluding carboxylic acids is 1. The molecule has 0 aliphatic carbocycles. The number of fused-ring (bicyclic) bond motifs is 2. The fourth-order valence-corrected chi connectivity index (χ4v) is 5.03. The van der Waals surface area contributed by atoms with Crippen LogP contribution >= 0.6 is 36.2 Å². The molecular weight excluding hydrogens is 369 g/mol. The van der Waals surface area contributed by atoms with Crippen molar-refractivity contribution < 1.29 is 9.53 Å². The van der Waals surface area contributed by atoms with E-state index in [9.17, 15) is 4.79 Å². The van der Waals surface area contributed by atoms with Crippen molar-refractivity contribution in [2.75, 3.05) is 39.3 Å². The van der Waals surface area contributed by atoms with Crippen LogP contribution in [0.4, 0.5) is 0 Å². The molecular formula is C16H25Cl2N3O2S. The van der Waals surface area contributed by atoms with Gasteiger partial charge in [-0.3, -0.25) is 4.79 Å². The molecule has 0 unspecified atom stereocenters. The Kier molecular flexibility index (Phi) is 6.93. The molecule has 3 aliphatic heterocycles. The molecule has 2 N–H and O–H groups in total. The monoisotopic (exact) mass is 393 g/mol. The first-order chi connectivity index (χ1) is 10.8. The van der Waals surface area contributed by atoms with Crippen LogP contribution in [0.2, 0.25) is 0 Å². The average Bonchev–Trinajstić information content (AvgIpc) is 3.06. The second kappa shape index (κ2) is 8.34. The Balaban J connectivity index is 0.00000104. The summed E-state index contributed by atoms with van der Waals surface area (Å²) in [5.41, 5.74) is 1.32. The van der Waals surface area contributed by atoms with Gasteiger partial charge in [0.15, 0.2) is 0 Å². The summed E-state index contributed by atoms with van der Waals surface area (Å²) >= 11 is 1.82. The number of halogens is 2. The molecule has 0 radical (unpaired) electrons. The van der Waals surface area contributed by atoms with Gasteiger partial charge in [-0.25, -0.2) is 0 Å². The van der Waals surface area contributed by atoms with E-state index in [-0.39, 0.29) is 42.4 Å². The fourth-order valence-electron chi connectivity index (χ4n) is 3.86. The molecule has 1 aromatic rings. The summed E-state index contributed by atoms with van der Waals surface area (Å²) < 4.78 is 6.21. The van der Waals surface area contributed by atoms with E-state index >= 15 is 0 Å². The Morgan fingerprint density at radius 3 is 2.79 bits per heavy atom. The van der Waals surface area contributed by atoms with Gasteiger partial charge in [-0.2, -0.15) is 0 Å². The smallest absolute Gasteiger partial charge is 0.241 e. The van der Waals surface area contributed by atoms with Crippen LogP contribution in [0.1, 0.15) is 23.3 Å². The largest absolute Gasteiger partial charge is 0.369 e. The van der Waals surface area contributed by atoms with Crippen molar-refractivity contribution in [1.82, 2.24) is 15.5 Å². The molecule has 2 saturated heterocycles. The predicted molar refractivity (Wildman–Crippen MR) is 101 cm³/mol. The minimum Gasteiger partial charge on any atom is -0.369 e. The van der Waals surface area contributed by atoms with E-state index in [0.717, 1.165) is 58.6 Å². The van der Waals surface area contributed by atoms with Crippen LogP contribution in [0, 0.1) is 0 Å². The number of thiophene rings is 1. The van der Waals surface area contributed by atoms with E-state index in [2.05, 4.69) is 22.1 Å². The van der Waals surface area contributed by atoms with Gasteiger partial charge in [0, 0.05) is 37.6 Å². The number of hydrogen-bond acceptors (Lipinski definition) is 5. The van der Waals surface area contributed by atoms with Gasteiger partial charge < -0.3 is 20.3 Å². The standard InChI is InChI=1S/C16H23N3O2S.2ClH/c20-15(13-11-17-5-6-18-13)19-7-3-16(4-8-19)14-12(1-9-21-16)2-10-22-14;;/h2,10,13,17-18H,1,3-9,11H2;2*1H/t13-;;/m0../s1. The topological polar surface area (TPSA) is 53.6 Å². The highest BCUT2D eigenvalue weighted by Gasteiger charge is 2.43. The Morgan fingerprint density at radius 2 is 2.08 bits per heavy atom. The number of carbonyl (C=O) groups is 1. The predicted octanol–water partition coefficient (Wildman–Crippen LogP) is 1.54. The maximum absolute atomic E-state index is 12.6. The first-order valence-electron chi connectivity index (χ1n) is 8.22. The van der Waals surface area contributed by atoms with E-state index in [1.54, 1.807) is 0 Å². The van der Waals surface area contributed by atoms with Gasteiger partial charge in [-0.05, 0) is 36.3 Å². The third-order valence-corrected chi connectivity index (χ3v) is 6.27. The van der Waals surface area contributed by atoms with Crippen LogP contribution in [0.3, 0.4) is 0 Å². The maximum Gasteiger partial charge on any atom is 0.241 e. The summed E-state index contributed by atoms with van der Waals surface area (Å²) in [6, 6.07) is 2.17. The minimum atomic E-state index is -0.128. The van der Waals surface area contributed by atoms with Crippen molar-refractivity contribution in [2.24, 2.45) is 0 Å². The maximum atomic E-state index is 12.6. The summed E-state index contributed by atoms with van der Waals surface area (Å²) in [6.07, 6.45) is 2.87. The third-order valence-electron chi connectivity index (χ3n) is 5.13. The lowest BCUT2D eigenvalue weighted by molar-refractivity contribution is -0.142. The number of amides is 1. The third kappa shape index (κ3) is 3.59. The van der Waals surface area contributed by atoms with Crippen molar-refractivity contribution in [1.29, 1.82) is 0 Å². The van der Waals surface area contributed by atoms with E-state index in [0.29, 0.717) is 0 Å². The van der Waals surface area contributed by atoms with E-state index < -0.39 is 0 Å². The Bertz CT molecular complexity index is 555. The fraction of sp³-hybridized carbons (Fsp3) is 0.688. The van der Waals surface area contributed by atoms with Crippen LogP contribution in [-0.2, 0) is 21.6 Å². The molecule has 0 saturated carbocycles. The SMILES string of the molecule is Cl.Cl.O=C([C@@H]1CNCCN1)N1CCC2(CC1)OCCc1ccsc12. The highest BCUT2D eigenvalue weighted by Crippen LogP contribution is 2.44. The molecule has 3 aliphatic rings. The number of hydrogen-bond donors (Lipinski definition) is 2. The molecule has 2 fully saturated rings. The lowest BCUT2D eigenvalue weighted by atomic mass is 9.85. The zero-order valence-electron chi connectivity index (χ0n) is 13.6. The van der Waals surface area contributed by atoms with Crippen molar-refractivity contribution in [2.45, 2.75) is 30.9 Å². The number of piperazine rings is 1. The van der Waals surface area contributed by atoms with Gasteiger partial charge in [0.05, 0.1) is 12.6 Å². The molecule has 24 heavy (non-hydrogen) atoms. The van der Waals surface area contributed by atoms with Gasteiger partial charge in [-0.15, -0.1) is 36.2 Å². The van der Waals surface area contributed by atoms with E-state index in [1.807, 2.05) is 16.2 Å². The Labute approximate surface area is 159 Å². The molecule has 0 bridgehead atoms. The van der Waals surface area contributed by atoms with Crippen molar-refractivity contribution >= 4 is 42.1 Å². The average molecular weight is 394 g/mol. The Morgan fingerprint density at radius 1 is 1.29 bits per heavy atom. The van der Waals surface area contributed by atoms with Crippen LogP contribution in [-0.4, -0.2) is 56.2 Å². The summed E-state index contributed by atoms with van der Waals surface area (Å²) in [7, 11) is 0. The molecule has 1 atom stereocenters. The summed E-state index contributed by atoms with van der Waals surface area (Å²) in [4.78, 5) is 16.0. The normalized spacial score (nSPS) is 25.3. The minimum absolute atomic E-state index is 0. The number of nitrogens with one attached hydrogen (secondary N) is 2. The van der Waals surface area contributed by atoms with Crippen molar-refractivity contribution in [3.63, 3.8) is 0 Å². The lowest BCUT2D eigenvalue weighted by Gasteiger charge is -2.44.